The van der Waals surface area contributed by atoms with Gasteiger partial charge >= 0.3 is 5.97 Å². The molecule has 1 aliphatic heterocycles. The molecular formula is C26H40O7. The van der Waals surface area contributed by atoms with Crippen LogP contribution in [0.4, 0.5) is 0 Å². The van der Waals surface area contributed by atoms with Gasteiger partial charge < -0.3 is 29.9 Å². The van der Waals surface area contributed by atoms with Crippen LogP contribution in [0, 0.1) is 0 Å². The van der Waals surface area contributed by atoms with Crippen LogP contribution in [0.2, 0.25) is 0 Å². The number of hydrogen-bond acceptors (Lipinski definition) is 7. The van der Waals surface area contributed by atoms with Gasteiger partial charge in [0.1, 0.15) is 24.9 Å². The Hall–Kier alpha value is -2.03. The fourth-order valence-electron chi connectivity index (χ4n) is 3.12. The second-order valence-corrected chi connectivity index (χ2v) is 7.88. The number of esters is 1. The number of allylic oxidation sites excluding steroid dienone is 10. The molecule has 4 unspecified atom stereocenters. The van der Waals surface area contributed by atoms with Crippen LogP contribution < -0.4 is 0 Å². The van der Waals surface area contributed by atoms with Crippen molar-refractivity contribution in [1.82, 2.24) is 0 Å². The Labute approximate surface area is 197 Å². The summed E-state index contributed by atoms with van der Waals surface area (Å²) in [5.41, 5.74) is 0. The number of unbranched alkanes of at least 4 members (excludes halogenated alkanes) is 1. The second kappa shape index (κ2) is 17.4. The van der Waals surface area contributed by atoms with Crippen LogP contribution >= 0.6 is 0 Å². The summed E-state index contributed by atoms with van der Waals surface area (Å²) < 4.78 is 10.0. The van der Waals surface area contributed by atoms with E-state index in [0.717, 1.165) is 38.5 Å². The highest BCUT2D eigenvalue weighted by molar-refractivity contribution is 5.69. The fourth-order valence-corrected chi connectivity index (χ4v) is 3.12. The molecule has 0 saturated carbocycles. The van der Waals surface area contributed by atoms with Crippen molar-refractivity contribution in [1.29, 1.82) is 0 Å². The van der Waals surface area contributed by atoms with E-state index < -0.39 is 36.7 Å². The lowest BCUT2D eigenvalue weighted by Gasteiger charge is -2.22. The molecule has 0 aromatic heterocycles. The number of ether oxygens (including phenoxy) is 2. The van der Waals surface area contributed by atoms with E-state index >= 15 is 0 Å². The van der Waals surface area contributed by atoms with Crippen LogP contribution in [0.3, 0.4) is 0 Å². The number of carbonyl (C=O) groups is 1. The zero-order valence-corrected chi connectivity index (χ0v) is 19.6. The molecular weight excluding hydrogens is 424 g/mol. The molecule has 0 aromatic carbocycles. The lowest BCUT2D eigenvalue weighted by molar-refractivity contribution is -0.248. The molecule has 1 heterocycles. The summed E-state index contributed by atoms with van der Waals surface area (Å²) in [7, 11) is 0. The van der Waals surface area contributed by atoms with Gasteiger partial charge in [0, 0.05) is 6.42 Å². The molecule has 1 fully saturated rings. The van der Waals surface area contributed by atoms with Crippen molar-refractivity contribution in [3.8, 4) is 0 Å². The predicted octanol–water partition coefficient (Wildman–Crippen LogP) is 3.25. The SMILES string of the molecule is CCC=CCC=CCC=CCC=CCC=CCCCC(=O)OCC1OC(O)(CO)C(O)C1O. The maximum atomic E-state index is 11.8. The molecule has 4 atom stereocenters. The molecule has 1 rings (SSSR count). The summed E-state index contributed by atoms with van der Waals surface area (Å²) >= 11 is 0. The Morgan fingerprint density at radius 3 is 1.91 bits per heavy atom. The molecule has 0 spiro atoms. The first-order valence-electron chi connectivity index (χ1n) is 11.7. The lowest BCUT2D eigenvalue weighted by Crippen LogP contribution is -2.46. The maximum absolute atomic E-state index is 11.8. The van der Waals surface area contributed by atoms with Crippen LogP contribution in [0.15, 0.2) is 60.8 Å². The van der Waals surface area contributed by atoms with Gasteiger partial charge in [-0.1, -0.05) is 67.7 Å². The normalized spacial score (nSPS) is 26.2. The zero-order valence-electron chi connectivity index (χ0n) is 19.6. The first kappa shape index (κ1) is 29.0. The van der Waals surface area contributed by atoms with Gasteiger partial charge in [-0.05, 0) is 44.9 Å². The van der Waals surface area contributed by atoms with E-state index in [4.69, 9.17) is 14.6 Å². The Balaban J connectivity index is 2.04. The van der Waals surface area contributed by atoms with Crippen molar-refractivity contribution in [2.45, 2.75) is 82.4 Å². The minimum Gasteiger partial charge on any atom is -0.463 e. The Morgan fingerprint density at radius 1 is 0.909 bits per heavy atom. The van der Waals surface area contributed by atoms with Crippen LogP contribution in [0.1, 0.15) is 58.3 Å². The highest BCUT2D eigenvalue weighted by atomic mass is 16.7. The third-order valence-electron chi connectivity index (χ3n) is 5.07. The molecule has 0 aromatic rings. The van der Waals surface area contributed by atoms with E-state index in [1.807, 2.05) is 6.08 Å². The average molecular weight is 465 g/mol. The summed E-state index contributed by atoms with van der Waals surface area (Å²) in [6.45, 7) is 0.954. The van der Waals surface area contributed by atoms with Crippen molar-refractivity contribution >= 4 is 5.97 Å². The van der Waals surface area contributed by atoms with Gasteiger partial charge in [-0.25, -0.2) is 0 Å². The summed E-state index contributed by atoms with van der Waals surface area (Å²) in [4.78, 5) is 11.8. The lowest BCUT2D eigenvalue weighted by atomic mass is 10.1. The first-order valence-corrected chi connectivity index (χ1v) is 11.7. The Kier molecular flexibility index (Phi) is 15.3. The molecule has 7 heteroatoms. The van der Waals surface area contributed by atoms with E-state index in [9.17, 15) is 20.1 Å². The van der Waals surface area contributed by atoms with Gasteiger partial charge in [-0.2, -0.15) is 0 Å². The molecule has 0 aliphatic carbocycles. The number of carbonyl (C=O) groups excluding carboxylic acids is 1. The van der Waals surface area contributed by atoms with Crippen LogP contribution in [-0.4, -0.2) is 63.7 Å². The zero-order chi connectivity index (χ0) is 24.4. The molecule has 33 heavy (non-hydrogen) atoms. The van der Waals surface area contributed by atoms with Gasteiger partial charge in [0.05, 0.1) is 6.61 Å². The van der Waals surface area contributed by atoms with E-state index in [-0.39, 0.29) is 13.0 Å². The van der Waals surface area contributed by atoms with E-state index in [0.29, 0.717) is 6.42 Å². The summed E-state index contributed by atoms with van der Waals surface area (Å²) in [6.07, 6.45) is 23.5. The fraction of sp³-hybridized carbons (Fsp3) is 0.577. The highest BCUT2D eigenvalue weighted by Gasteiger charge is 2.53. The topological polar surface area (TPSA) is 116 Å². The van der Waals surface area contributed by atoms with Crippen molar-refractivity contribution in [3.05, 3.63) is 60.8 Å². The Bertz CT molecular complexity index is 680. The number of aliphatic hydroxyl groups is 4. The van der Waals surface area contributed by atoms with Crippen LogP contribution in [0.25, 0.3) is 0 Å². The second-order valence-electron chi connectivity index (χ2n) is 7.88. The van der Waals surface area contributed by atoms with Crippen molar-refractivity contribution in [3.63, 3.8) is 0 Å². The maximum Gasteiger partial charge on any atom is 0.305 e. The molecule has 0 radical (unpaired) electrons. The van der Waals surface area contributed by atoms with Crippen molar-refractivity contribution < 1.29 is 34.7 Å². The van der Waals surface area contributed by atoms with Gasteiger partial charge in [-0.3, -0.25) is 4.79 Å². The number of aliphatic hydroxyl groups excluding tert-OH is 3. The van der Waals surface area contributed by atoms with Crippen molar-refractivity contribution in [2.75, 3.05) is 13.2 Å². The standard InChI is InChI=1S/C26H40O7/c1-2-3-4-5-6-7-8-9-10-11-12-13-14-15-16-17-18-19-23(28)32-20-22-24(29)25(30)26(31,21-27)33-22/h3-4,6-7,9-10,12-13,15-16,22,24-25,27,29-31H,2,5,8,11,14,17-21H2,1H3. The molecule has 0 bridgehead atoms. The average Bonchev–Trinajstić information content (AvgIpc) is 3.03. The molecule has 1 aliphatic rings. The molecule has 0 amide bonds. The predicted molar refractivity (Wildman–Crippen MR) is 128 cm³/mol. The van der Waals surface area contributed by atoms with E-state index in [1.54, 1.807) is 0 Å². The van der Waals surface area contributed by atoms with Gasteiger partial charge in [0.2, 0.25) is 5.79 Å². The van der Waals surface area contributed by atoms with Crippen LogP contribution in [0.5, 0.6) is 0 Å². The molecule has 7 nitrogen and oxygen atoms in total. The summed E-state index contributed by atoms with van der Waals surface area (Å²) in [6, 6.07) is 0. The van der Waals surface area contributed by atoms with E-state index in [1.165, 1.54) is 0 Å². The highest BCUT2D eigenvalue weighted by Crippen LogP contribution is 2.29. The first-order chi connectivity index (χ1) is 15.9. The van der Waals surface area contributed by atoms with Gasteiger partial charge in [-0.15, -0.1) is 0 Å². The minimum atomic E-state index is -2.24. The molecule has 4 N–H and O–H groups in total. The third-order valence-corrected chi connectivity index (χ3v) is 5.07. The molecule has 1 saturated heterocycles. The Morgan fingerprint density at radius 2 is 1.42 bits per heavy atom. The summed E-state index contributed by atoms with van der Waals surface area (Å²) in [5.74, 6) is -2.69. The van der Waals surface area contributed by atoms with Crippen molar-refractivity contribution in [2.24, 2.45) is 0 Å². The monoisotopic (exact) mass is 464 g/mol. The number of rotatable bonds is 16. The third kappa shape index (κ3) is 12.1. The molecule has 186 valence electrons. The van der Waals surface area contributed by atoms with E-state index in [2.05, 4.69) is 61.6 Å². The minimum absolute atomic E-state index is 0.212. The van der Waals surface area contributed by atoms with Gasteiger partial charge in [0.25, 0.3) is 0 Å². The summed E-state index contributed by atoms with van der Waals surface area (Å²) in [5, 5.41) is 38.3. The number of hydrogen-bond donors (Lipinski definition) is 4. The smallest absolute Gasteiger partial charge is 0.305 e. The quantitative estimate of drug-likeness (QED) is 0.157. The van der Waals surface area contributed by atoms with Gasteiger partial charge in [0.15, 0.2) is 0 Å². The van der Waals surface area contributed by atoms with Crippen LogP contribution in [-0.2, 0) is 14.3 Å². The largest absolute Gasteiger partial charge is 0.463 e.